The summed E-state index contributed by atoms with van der Waals surface area (Å²) in [5.41, 5.74) is 5.66. The van der Waals surface area contributed by atoms with Gasteiger partial charge in [0.15, 0.2) is 0 Å². The summed E-state index contributed by atoms with van der Waals surface area (Å²) >= 11 is 0. The maximum atomic E-state index is 5.66. The third kappa shape index (κ3) is 3.09. The Labute approximate surface area is 74.7 Å². The lowest BCUT2D eigenvalue weighted by Crippen LogP contribution is -2.50. The molecule has 3 heteroatoms. The Morgan fingerprint density at radius 2 is 2.25 bits per heavy atom. The highest BCUT2D eigenvalue weighted by molar-refractivity contribution is 4.87. The lowest BCUT2D eigenvalue weighted by molar-refractivity contribution is 0.0704. The first kappa shape index (κ1) is 9.96. The van der Waals surface area contributed by atoms with Crippen LogP contribution in [-0.2, 0) is 4.74 Å². The van der Waals surface area contributed by atoms with Crippen molar-refractivity contribution in [3.05, 3.63) is 0 Å². The van der Waals surface area contributed by atoms with Crippen LogP contribution < -0.4 is 11.1 Å². The van der Waals surface area contributed by atoms with Crippen LogP contribution in [-0.4, -0.2) is 31.3 Å². The molecule has 0 amide bonds. The molecular weight excluding hydrogens is 152 g/mol. The molecule has 0 bridgehead atoms. The fourth-order valence-electron chi connectivity index (χ4n) is 1.50. The molecular formula is C9H20N2O. The lowest BCUT2D eigenvalue weighted by Gasteiger charge is -2.33. The Kier molecular flexibility index (Phi) is 3.98. The molecule has 0 aromatic heterocycles. The Hall–Kier alpha value is -0.120. The highest BCUT2D eigenvalue weighted by atomic mass is 16.5. The van der Waals surface area contributed by atoms with E-state index < -0.39 is 0 Å². The molecule has 1 unspecified atom stereocenters. The van der Waals surface area contributed by atoms with Crippen LogP contribution in [0, 0.1) is 0 Å². The summed E-state index contributed by atoms with van der Waals surface area (Å²) in [6.07, 6.45) is 2.57. The summed E-state index contributed by atoms with van der Waals surface area (Å²) in [5, 5.41) is 3.43. The second-order valence-electron chi connectivity index (χ2n) is 3.60. The summed E-state index contributed by atoms with van der Waals surface area (Å²) in [6, 6.07) is 1.08. The fraction of sp³-hybridized carbons (Fsp3) is 1.00. The summed E-state index contributed by atoms with van der Waals surface area (Å²) in [5.74, 6) is 0. The summed E-state index contributed by atoms with van der Waals surface area (Å²) in [7, 11) is 0. The number of hydrogen-bond donors (Lipinski definition) is 2. The molecule has 0 aromatic rings. The summed E-state index contributed by atoms with van der Waals surface area (Å²) in [6.45, 7) is 5.86. The molecule has 0 radical (unpaired) electrons. The van der Waals surface area contributed by atoms with Gasteiger partial charge in [0.05, 0.1) is 6.10 Å². The Morgan fingerprint density at radius 3 is 2.75 bits per heavy atom. The van der Waals surface area contributed by atoms with Crippen LogP contribution in [0.25, 0.3) is 0 Å². The van der Waals surface area contributed by atoms with Gasteiger partial charge in [-0.3, -0.25) is 0 Å². The average Bonchev–Trinajstić information content (AvgIpc) is 1.96. The number of rotatable bonds is 5. The van der Waals surface area contributed by atoms with Crippen LogP contribution in [0.5, 0.6) is 0 Å². The van der Waals surface area contributed by atoms with E-state index in [1.807, 2.05) is 6.92 Å². The van der Waals surface area contributed by atoms with Crippen molar-refractivity contribution >= 4 is 0 Å². The number of hydrogen-bond acceptors (Lipinski definition) is 3. The number of nitrogens with one attached hydrogen (secondary N) is 1. The highest BCUT2D eigenvalue weighted by Crippen LogP contribution is 2.16. The molecule has 1 aliphatic carbocycles. The molecule has 0 heterocycles. The van der Waals surface area contributed by atoms with Gasteiger partial charge in [0.25, 0.3) is 0 Å². The fourth-order valence-corrected chi connectivity index (χ4v) is 1.50. The van der Waals surface area contributed by atoms with Gasteiger partial charge in [-0.25, -0.2) is 0 Å². The van der Waals surface area contributed by atoms with Crippen LogP contribution in [0.4, 0.5) is 0 Å². The third-order valence-electron chi connectivity index (χ3n) is 2.32. The van der Waals surface area contributed by atoms with Gasteiger partial charge in [0.2, 0.25) is 0 Å². The van der Waals surface area contributed by atoms with Crippen LogP contribution in [0.3, 0.4) is 0 Å². The van der Waals surface area contributed by atoms with E-state index in [2.05, 4.69) is 12.2 Å². The van der Waals surface area contributed by atoms with E-state index in [1.54, 1.807) is 0 Å². The van der Waals surface area contributed by atoms with Crippen LogP contribution in [0.15, 0.2) is 0 Å². The van der Waals surface area contributed by atoms with Crippen molar-refractivity contribution < 1.29 is 4.74 Å². The summed E-state index contributed by atoms with van der Waals surface area (Å²) < 4.78 is 5.39. The average molecular weight is 172 g/mol. The first-order valence-electron chi connectivity index (χ1n) is 4.83. The van der Waals surface area contributed by atoms with Crippen molar-refractivity contribution in [3.63, 3.8) is 0 Å². The van der Waals surface area contributed by atoms with Gasteiger partial charge in [-0.1, -0.05) is 0 Å². The Balaban J connectivity index is 1.95. The third-order valence-corrected chi connectivity index (χ3v) is 2.32. The normalized spacial score (nSPS) is 31.2. The van der Waals surface area contributed by atoms with Crippen molar-refractivity contribution in [2.24, 2.45) is 5.73 Å². The second kappa shape index (κ2) is 4.80. The van der Waals surface area contributed by atoms with Crippen molar-refractivity contribution in [2.45, 2.75) is 44.9 Å². The molecule has 1 atom stereocenters. The monoisotopic (exact) mass is 172 g/mol. The van der Waals surface area contributed by atoms with Gasteiger partial charge in [-0.05, 0) is 26.7 Å². The van der Waals surface area contributed by atoms with Crippen molar-refractivity contribution in [1.29, 1.82) is 0 Å². The van der Waals surface area contributed by atoms with Crippen LogP contribution in [0.1, 0.15) is 26.7 Å². The minimum absolute atomic E-state index is 0.326. The van der Waals surface area contributed by atoms with E-state index in [0.717, 1.165) is 26.0 Å². The molecule has 1 rings (SSSR count). The van der Waals surface area contributed by atoms with E-state index in [1.165, 1.54) is 0 Å². The van der Waals surface area contributed by atoms with Gasteiger partial charge < -0.3 is 15.8 Å². The molecule has 12 heavy (non-hydrogen) atoms. The van der Waals surface area contributed by atoms with Crippen molar-refractivity contribution in [2.75, 3.05) is 13.2 Å². The Bertz CT molecular complexity index is 119. The molecule has 0 aromatic carbocycles. The first-order valence-corrected chi connectivity index (χ1v) is 4.83. The van der Waals surface area contributed by atoms with Gasteiger partial charge in [0.1, 0.15) is 0 Å². The zero-order valence-electron chi connectivity index (χ0n) is 8.05. The van der Waals surface area contributed by atoms with Gasteiger partial charge in [-0.15, -0.1) is 0 Å². The van der Waals surface area contributed by atoms with Crippen molar-refractivity contribution in [1.82, 2.24) is 5.32 Å². The number of nitrogens with two attached hydrogens (primary N) is 1. The van der Waals surface area contributed by atoms with Gasteiger partial charge >= 0.3 is 0 Å². The Morgan fingerprint density at radius 1 is 1.58 bits per heavy atom. The minimum Gasteiger partial charge on any atom is -0.377 e. The predicted octanol–water partition coefficient (Wildman–Crippen LogP) is 0.491. The molecule has 0 saturated heterocycles. The molecule has 3 nitrogen and oxygen atoms in total. The SMILES string of the molecule is CCOC(C)CNC1CC(N)C1. The smallest absolute Gasteiger partial charge is 0.0671 e. The first-order chi connectivity index (χ1) is 5.72. The van der Waals surface area contributed by atoms with E-state index in [9.17, 15) is 0 Å². The minimum atomic E-state index is 0.326. The highest BCUT2D eigenvalue weighted by Gasteiger charge is 2.25. The van der Waals surface area contributed by atoms with Crippen molar-refractivity contribution in [3.8, 4) is 0 Å². The maximum Gasteiger partial charge on any atom is 0.0671 e. The molecule has 0 spiro atoms. The molecule has 1 saturated carbocycles. The predicted molar refractivity (Wildman–Crippen MR) is 50.1 cm³/mol. The summed E-state index contributed by atoms with van der Waals surface area (Å²) in [4.78, 5) is 0. The topological polar surface area (TPSA) is 47.3 Å². The molecule has 0 aliphatic heterocycles. The standard InChI is InChI=1S/C9H20N2O/c1-3-12-7(2)6-11-9-4-8(10)5-9/h7-9,11H,3-6,10H2,1-2H3. The zero-order valence-corrected chi connectivity index (χ0v) is 8.05. The number of ether oxygens (including phenoxy) is 1. The largest absolute Gasteiger partial charge is 0.377 e. The van der Waals surface area contributed by atoms with E-state index in [-0.39, 0.29) is 0 Å². The van der Waals surface area contributed by atoms with Gasteiger partial charge in [0, 0.05) is 25.2 Å². The molecule has 1 fully saturated rings. The van der Waals surface area contributed by atoms with E-state index >= 15 is 0 Å². The van der Waals surface area contributed by atoms with E-state index in [0.29, 0.717) is 18.2 Å². The van der Waals surface area contributed by atoms with E-state index in [4.69, 9.17) is 10.5 Å². The van der Waals surface area contributed by atoms with Crippen LogP contribution >= 0.6 is 0 Å². The molecule has 3 N–H and O–H groups in total. The van der Waals surface area contributed by atoms with Crippen LogP contribution in [0.2, 0.25) is 0 Å². The zero-order chi connectivity index (χ0) is 8.97. The molecule has 1 aliphatic rings. The second-order valence-corrected chi connectivity index (χ2v) is 3.60. The van der Waals surface area contributed by atoms with Gasteiger partial charge in [-0.2, -0.15) is 0 Å². The maximum absolute atomic E-state index is 5.66. The lowest BCUT2D eigenvalue weighted by atomic mass is 9.87. The quantitative estimate of drug-likeness (QED) is 0.634. The molecule has 72 valence electrons.